The first-order chi connectivity index (χ1) is 13.0. The van der Waals surface area contributed by atoms with Gasteiger partial charge in [0.25, 0.3) is 5.91 Å². The number of benzene rings is 2. The average molecular weight is 360 g/mol. The summed E-state index contributed by atoms with van der Waals surface area (Å²) < 4.78 is 1.87. The van der Waals surface area contributed by atoms with E-state index in [2.05, 4.69) is 60.4 Å². The lowest BCUT2D eigenvalue weighted by Crippen LogP contribution is -2.34. The van der Waals surface area contributed by atoms with Crippen molar-refractivity contribution in [3.63, 3.8) is 0 Å². The fraction of sp³-hybridized carbons (Fsp3) is 0.318. The van der Waals surface area contributed by atoms with Crippen molar-refractivity contribution >= 4 is 5.91 Å². The van der Waals surface area contributed by atoms with Gasteiger partial charge in [0, 0.05) is 17.2 Å². The van der Waals surface area contributed by atoms with Crippen LogP contribution in [0.25, 0.3) is 11.4 Å². The molecule has 1 fully saturated rings. The lowest BCUT2D eigenvalue weighted by atomic mass is 10.0. The van der Waals surface area contributed by atoms with Gasteiger partial charge in [0.1, 0.15) is 6.33 Å². The predicted octanol–water partition coefficient (Wildman–Crippen LogP) is 4.25. The first-order valence-electron chi connectivity index (χ1n) is 9.38. The predicted molar refractivity (Wildman–Crippen MR) is 105 cm³/mol. The molecule has 0 unspecified atom stereocenters. The van der Waals surface area contributed by atoms with Crippen LogP contribution in [0.15, 0.2) is 54.9 Å². The minimum absolute atomic E-state index is 0.0504. The quantitative estimate of drug-likeness (QED) is 0.740. The minimum Gasteiger partial charge on any atom is -0.343 e. The average Bonchev–Trinajstić information content (AvgIpc) is 3.26. The maximum absolute atomic E-state index is 12.9. The lowest BCUT2D eigenvalue weighted by molar-refractivity contribution is 0.0931. The highest BCUT2D eigenvalue weighted by Crippen LogP contribution is 2.45. The van der Waals surface area contributed by atoms with Gasteiger partial charge in [0.05, 0.1) is 5.54 Å². The topological polar surface area (TPSA) is 59.8 Å². The summed E-state index contributed by atoms with van der Waals surface area (Å²) in [6, 6.07) is 16.2. The molecule has 0 saturated heterocycles. The van der Waals surface area contributed by atoms with Crippen LogP contribution in [-0.2, 0) is 5.54 Å². The van der Waals surface area contributed by atoms with Gasteiger partial charge in [0.15, 0.2) is 5.82 Å². The minimum atomic E-state index is -0.223. The molecule has 138 valence electrons. The molecule has 5 nitrogen and oxygen atoms in total. The molecule has 1 amide bonds. The Morgan fingerprint density at radius 3 is 2.56 bits per heavy atom. The second-order valence-electron chi connectivity index (χ2n) is 7.61. The van der Waals surface area contributed by atoms with Gasteiger partial charge in [-0.25, -0.2) is 9.67 Å². The highest BCUT2D eigenvalue weighted by atomic mass is 16.1. The third-order valence-electron chi connectivity index (χ3n) is 5.15. The van der Waals surface area contributed by atoms with Crippen molar-refractivity contribution in [3.05, 3.63) is 71.5 Å². The molecule has 1 aliphatic carbocycles. The molecule has 4 rings (SSSR count). The first kappa shape index (κ1) is 17.5. The number of rotatable bonds is 5. The number of hydrogen-bond donors (Lipinski definition) is 1. The third-order valence-corrected chi connectivity index (χ3v) is 5.15. The van der Waals surface area contributed by atoms with E-state index in [-0.39, 0.29) is 17.5 Å². The highest BCUT2D eigenvalue weighted by molar-refractivity contribution is 5.96. The molecule has 3 aromatic rings. The van der Waals surface area contributed by atoms with Gasteiger partial charge in [-0.3, -0.25) is 4.79 Å². The number of hydrogen-bond acceptors (Lipinski definition) is 3. The second kappa shape index (κ2) is 6.65. The Bertz CT molecular complexity index is 968. The van der Waals surface area contributed by atoms with Crippen LogP contribution in [0.2, 0.25) is 0 Å². The zero-order valence-corrected chi connectivity index (χ0v) is 15.9. The summed E-state index contributed by atoms with van der Waals surface area (Å²) in [6.45, 7) is 6.20. The van der Waals surface area contributed by atoms with E-state index in [9.17, 15) is 4.79 Å². The summed E-state index contributed by atoms with van der Waals surface area (Å²) in [4.78, 5) is 17.3. The number of aryl methyl sites for hydroxylation is 1. The van der Waals surface area contributed by atoms with Crippen LogP contribution >= 0.6 is 0 Å². The monoisotopic (exact) mass is 360 g/mol. The Morgan fingerprint density at radius 1 is 1.15 bits per heavy atom. The highest BCUT2D eigenvalue weighted by Gasteiger charge is 2.45. The van der Waals surface area contributed by atoms with E-state index in [0.29, 0.717) is 5.56 Å². The van der Waals surface area contributed by atoms with E-state index in [1.165, 1.54) is 11.1 Å². The summed E-state index contributed by atoms with van der Waals surface area (Å²) in [7, 11) is 0. The van der Waals surface area contributed by atoms with Crippen LogP contribution in [0, 0.1) is 6.92 Å². The Morgan fingerprint density at radius 2 is 1.89 bits per heavy atom. The molecular weight excluding hydrogens is 336 g/mol. The normalized spacial score (nSPS) is 15.0. The van der Waals surface area contributed by atoms with Crippen LogP contribution < -0.4 is 5.32 Å². The Labute approximate surface area is 159 Å². The van der Waals surface area contributed by atoms with Gasteiger partial charge < -0.3 is 5.32 Å². The van der Waals surface area contributed by atoms with E-state index >= 15 is 0 Å². The van der Waals surface area contributed by atoms with Gasteiger partial charge in [-0.05, 0) is 51.3 Å². The van der Waals surface area contributed by atoms with Crippen molar-refractivity contribution in [2.45, 2.75) is 45.2 Å². The molecule has 5 heteroatoms. The number of nitrogens with one attached hydrogen (secondary N) is 1. The smallest absolute Gasteiger partial charge is 0.251 e. The molecule has 0 aliphatic heterocycles. The second-order valence-corrected chi connectivity index (χ2v) is 7.61. The third kappa shape index (κ3) is 3.37. The number of aromatic nitrogens is 3. The van der Waals surface area contributed by atoms with Gasteiger partial charge in [-0.2, -0.15) is 5.10 Å². The molecule has 1 aromatic heterocycles. The van der Waals surface area contributed by atoms with Crippen LogP contribution in [0.4, 0.5) is 0 Å². The summed E-state index contributed by atoms with van der Waals surface area (Å²) in [5.41, 5.74) is 3.72. The van der Waals surface area contributed by atoms with Crippen LogP contribution in [0.5, 0.6) is 0 Å². The van der Waals surface area contributed by atoms with E-state index in [1.54, 1.807) is 6.33 Å². The number of amides is 1. The molecular formula is C22H24N4O. The Kier molecular flexibility index (Phi) is 4.30. The van der Waals surface area contributed by atoms with Crippen molar-refractivity contribution in [1.29, 1.82) is 0 Å². The standard InChI is InChI=1S/C22H24N4O/c1-15(2)26-20(23-14-24-26)17-5-4-6-18(13-17)21(27)25-22(11-12-22)19-9-7-16(3)8-10-19/h4-10,13-15H,11-12H2,1-3H3,(H,25,27). The Hall–Kier alpha value is -2.95. The van der Waals surface area contributed by atoms with E-state index < -0.39 is 0 Å². The van der Waals surface area contributed by atoms with Gasteiger partial charge in [-0.15, -0.1) is 0 Å². The molecule has 0 spiro atoms. The SMILES string of the molecule is Cc1ccc(C2(NC(=O)c3cccc(-c4ncnn4C(C)C)c3)CC2)cc1. The molecule has 1 aliphatic rings. The van der Waals surface area contributed by atoms with Crippen molar-refractivity contribution in [3.8, 4) is 11.4 Å². The number of carbonyl (C=O) groups is 1. The molecule has 27 heavy (non-hydrogen) atoms. The zero-order chi connectivity index (χ0) is 19.0. The van der Waals surface area contributed by atoms with Gasteiger partial charge in [-0.1, -0.05) is 42.0 Å². The molecule has 0 atom stereocenters. The number of carbonyl (C=O) groups excluding carboxylic acids is 1. The maximum Gasteiger partial charge on any atom is 0.251 e. The fourth-order valence-electron chi connectivity index (χ4n) is 3.41. The largest absolute Gasteiger partial charge is 0.343 e. The lowest BCUT2D eigenvalue weighted by Gasteiger charge is -2.18. The maximum atomic E-state index is 12.9. The van der Waals surface area contributed by atoms with Crippen molar-refractivity contribution in [1.82, 2.24) is 20.1 Å². The van der Waals surface area contributed by atoms with Crippen LogP contribution in [0.1, 0.15) is 54.2 Å². The molecule has 0 radical (unpaired) electrons. The zero-order valence-electron chi connectivity index (χ0n) is 15.9. The van der Waals surface area contributed by atoms with E-state index in [4.69, 9.17) is 0 Å². The first-order valence-corrected chi connectivity index (χ1v) is 9.38. The van der Waals surface area contributed by atoms with Crippen molar-refractivity contribution < 1.29 is 4.79 Å². The van der Waals surface area contributed by atoms with E-state index in [0.717, 1.165) is 24.2 Å². The molecule has 1 saturated carbocycles. The van der Waals surface area contributed by atoms with Crippen LogP contribution in [-0.4, -0.2) is 20.7 Å². The summed E-state index contributed by atoms with van der Waals surface area (Å²) in [5.74, 6) is 0.727. The molecule has 1 N–H and O–H groups in total. The summed E-state index contributed by atoms with van der Waals surface area (Å²) >= 11 is 0. The molecule has 0 bridgehead atoms. The van der Waals surface area contributed by atoms with Gasteiger partial charge >= 0.3 is 0 Å². The molecule has 2 aromatic carbocycles. The fourth-order valence-corrected chi connectivity index (χ4v) is 3.41. The van der Waals surface area contributed by atoms with E-state index in [1.807, 2.05) is 28.9 Å². The number of nitrogens with zero attached hydrogens (tertiary/aromatic N) is 3. The summed E-state index contributed by atoms with van der Waals surface area (Å²) in [6.07, 6.45) is 3.50. The van der Waals surface area contributed by atoms with Gasteiger partial charge in [0.2, 0.25) is 0 Å². The molecule has 1 heterocycles. The van der Waals surface area contributed by atoms with Crippen molar-refractivity contribution in [2.75, 3.05) is 0 Å². The summed E-state index contributed by atoms with van der Waals surface area (Å²) in [5, 5.41) is 7.54. The van der Waals surface area contributed by atoms with Crippen LogP contribution in [0.3, 0.4) is 0 Å². The van der Waals surface area contributed by atoms with Crippen molar-refractivity contribution in [2.24, 2.45) is 0 Å². The Balaban J connectivity index is 1.58.